The highest BCUT2D eigenvalue weighted by Gasteiger charge is 2.28. The zero-order valence-electron chi connectivity index (χ0n) is 9.05. The molecule has 0 saturated carbocycles. The van der Waals surface area contributed by atoms with Crippen molar-refractivity contribution < 1.29 is 10.0 Å². The lowest BCUT2D eigenvalue weighted by atomic mass is 10.2. The van der Waals surface area contributed by atoms with Crippen LogP contribution in [-0.2, 0) is 6.54 Å². The monoisotopic (exact) mass is 260 g/mol. The number of halogens is 2. The van der Waals surface area contributed by atoms with Gasteiger partial charge in [0.1, 0.15) is 12.6 Å². The third-order valence-corrected chi connectivity index (χ3v) is 3.87. The summed E-state index contributed by atoms with van der Waals surface area (Å²) in [4.78, 5) is 1.42. The summed E-state index contributed by atoms with van der Waals surface area (Å²) in [5.74, 6) is 0. The van der Waals surface area contributed by atoms with E-state index in [-0.39, 0.29) is 6.61 Å². The quantitative estimate of drug-likeness (QED) is 0.847. The number of rotatable bonds is 3. The van der Waals surface area contributed by atoms with Crippen LogP contribution in [0, 0.1) is 0 Å². The predicted octanol–water partition coefficient (Wildman–Crippen LogP) is 1.53. The van der Waals surface area contributed by atoms with Gasteiger partial charge in [0.15, 0.2) is 0 Å². The largest absolute Gasteiger partial charge is 0.390 e. The van der Waals surface area contributed by atoms with Crippen LogP contribution in [0.3, 0.4) is 0 Å². The number of benzene rings is 1. The summed E-state index contributed by atoms with van der Waals surface area (Å²) in [5, 5.41) is 10.6. The molecule has 2 atom stereocenters. The first-order valence-electron chi connectivity index (χ1n) is 5.60. The average Bonchev–Trinajstić information content (AvgIpc) is 2.69. The van der Waals surface area contributed by atoms with Crippen molar-refractivity contribution in [3.05, 3.63) is 33.8 Å². The van der Waals surface area contributed by atoms with Crippen molar-refractivity contribution in [2.75, 3.05) is 13.2 Å². The molecule has 0 aromatic heterocycles. The maximum atomic E-state index is 9.25. The molecule has 1 fully saturated rings. The molecular weight excluding hydrogens is 245 g/mol. The molecule has 0 aliphatic carbocycles. The minimum atomic E-state index is 0.264. The first-order chi connectivity index (χ1) is 7.70. The molecule has 1 unspecified atom stereocenters. The molecule has 0 bridgehead atoms. The van der Waals surface area contributed by atoms with Crippen molar-refractivity contribution in [1.82, 2.24) is 0 Å². The third-order valence-electron chi connectivity index (χ3n) is 3.28. The number of hydrogen-bond donors (Lipinski definition) is 2. The van der Waals surface area contributed by atoms with Gasteiger partial charge in [-0.25, -0.2) is 0 Å². The molecule has 88 valence electrons. The Morgan fingerprint density at radius 3 is 2.88 bits per heavy atom. The van der Waals surface area contributed by atoms with Gasteiger partial charge >= 0.3 is 0 Å². The first-order valence-corrected chi connectivity index (χ1v) is 6.35. The SMILES string of the molecule is OC[C@H]1CCC[NH+]1Cc1ccc(Cl)cc1Cl. The standard InChI is InChI=1S/C12H15Cl2NO/c13-10-4-3-9(12(14)6-10)7-15-5-1-2-11(15)8-16/h3-4,6,11,16H,1-2,5,7-8H2/p+1/t11-/m1/s1. The second kappa shape index (κ2) is 5.37. The van der Waals surface area contributed by atoms with Gasteiger partial charge in [-0.05, 0) is 12.1 Å². The fourth-order valence-electron chi connectivity index (χ4n) is 2.35. The maximum Gasteiger partial charge on any atom is 0.111 e. The average molecular weight is 261 g/mol. The second-order valence-corrected chi connectivity index (χ2v) is 5.19. The number of aliphatic hydroxyl groups excluding tert-OH is 1. The number of quaternary nitrogens is 1. The Hall–Kier alpha value is -0.280. The van der Waals surface area contributed by atoms with Gasteiger partial charge in [-0.15, -0.1) is 0 Å². The van der Waals surface area contributed by atoms with Crippen molar-refractivity contribution >= 4 is 23.2 Å². The second-order valence-electron chi connectivity index (χ2n) is 4.34. The summed E-state index contributed by atoms with van der Waals surface area (Å²) in [6, 6.07) is 5.99. The minimum absolute atomic E-state index is 0.264. The number of hydrogen-bond acceptors (Lipinski definition) is 1. The normalized spacial score (nSPS) is 24.9. The molecule has 0 amide bonds. The highest BCUT2D eigenvalue weighted by atomic mass is 35.5. The first kappa shape index (κ1) is 12.2. The number of likely N-dealkylation sites (tertiary alicyclic amines) is 1. The highest BCUT2D eigenvalue weighted by molar-refractivity contribution is 6.35. The molecule has 1 aromatic carbocycles. The van der Waals surface area contributed by atoms with Crippen molar-refractivity contribution in [2.24, 2.45) is 0 Å². The molecule has 1 aliphatic heterocycles. The molecule has 4 heteroatoms. The van der Waals surface area contributed by atoms with Crippen LogP contribution in [-0.4, -0.2) is 24.3 Å². The Morgan fingerprint density at radius 1 is 1.38 bits per heavy atom. The van der Waals surface area contributed by atoms with Gasteiger partial charge in [0.2, 0.25) is 0 Å². The zero-order chi connectivity index (χ0) is 11.5. The summed E-state index contributed by atoms with van der Waals surface area (Å²) in [6.45, 7) is 2.26. The summed E-state index contributed by atoms with van der Waals surface area (Å²) < 4.78 is 0. The fraction of sp³-hybridized carbons (Fsp3) is 0.500. The maximum absolute atomic E-state index is 9.25. The summed E-state index contributed by atoms with van der Waals surface area (Å²) in [7, 11) is 0. The summed E-state index contributed by atoms with van der Waals surface area (Å²) in [6.07, 6.45) is 2.29. The van der Waals surface area contributed by atoms with Gasteiger partial charge in [0.25, 0.3) is 0 Å². The lowest BCUT2D eigenvalue weighted by Gasteiger charge is -2.20. The van der Waals surface area contributed by atoms with E-state index in [1.165, 1.54) is 11.3 Å². The van der Waals surface area contributed by atoms with Crippen LogP contribution in [0.1, 0.15) is 18.4 Å². The molecule has 1 aliphatic rings. The fourth-order valence-corrected chi connectivity index (χ4v) is 2.82. The van der Waals surface area contributed by atoms with E-state index in [2.05, 4.69) is 0 Å². The lowest BCUT2D eigenvalue weighted by Crippen LogP contribution is -3.12. The van der Waals surface area contributed by atoms with E-state index >= 15 is 0 Å². The van der Waals surface area contributed by atoms with Gasteiger partial charge < -0.3 is 10.0 Å². The van der Waals surface area contributed by atoms with Gasteiger partial charge in [-0.3, -0.25) is 0 Å². The molecule has 0 spiro atoms. The molecule has 16 heavy (non-hydrogen) atoms. The predicted molar refractivity (Wildman–Crippen MR) is 66.1 cm³/mol. The van der Waals surface area contributed by atoms with Crippen LogP contribution >= 0.6 is 23.2 Å². The minimum Gasteiger partial charge on any atom is -0.390 e. The van der Waals surface area contributed by atoms with Crippen LogP contribution in [0.2, 0.25) is 10.0 Å². The van der Waals surface area contributed by atoms with E-state index in [1.54, 1.807) is 6.07 Å². The molecule has 2 nitrogen and oxygen atoms in total. The van der Waals surface area contributed by atoms with Crippen LogP contribution in [0.15, 0.2) is 18.2 Å². The van der Waals surface area contributed by atoms with E-state index in [0.717, 1.165) is 30.1 Å². The van der Waals surface area contributed by atoms with Crippen molar-refractivity contribution in [1.29, 1.82) is 0 Å². The van der Waals surface area contributed by atoms with Gasteiger partial charge in [0, 0.05) is 23.4 Å². The molecule has 1 saturated heterocycles. The van der Waals surface area contributed by atoms with E-state index in [4.69, 9.17) is 23.2 Å². The third kappa shape index (κ3) is 2.69. The van der Waals surface area contributed by atoms with Crippen LogP contribution in [0.25, 0.3) is 0 Å². The van der Waals surface area contributed by atoms with Crippen molar-refractivity contribution in [3.8, 4) is 0 Å². The molecule has 0 radical (unpaired) electrons. The van der Waals surface area contributed by atoms with Crippen molar-refractivity contribution in [3.63, 3.8) is 0 Å². The van der Waals surface area contributed by atoms with Crippen LogP contribution < -0.4 is 4.90 Å². The molecule has 2 N–H and O–H groups in total. The smallest absolute Gasteiger partial charge is 0.111 e. The van der Waals surface area contributed by atoms with E-state index in [0.29, 0.717) is 11.1 Å². The molecule has 2 rings (SSSR count). The summed E-state index contributed by atoms with van der Waals surface area (Å²) >= 11 is 12.0. The topological polar surface area (TPSA) is 24.7 Å². The Balaban J connectivity index is 2.08. The van der Waals surface area contributed by atoms with Crippen LogP contribution in [0.5, 0.6) is 0 Å². The van der Waals surface area contributed by atoms with Crippen molar-refractivity contribution in [2.45, 2.75) is 25.4 Å². The lowest BCUT2D eigenvalue weighted by molar-refractivity contribution is -0.926. The van der Waals surface area contributed by atoms with Crippen LogP contribution in [0.4, 0.5) is 0 Å². The Bertz CT molecular complexity index is 370. The van der Waals surface area contributed by atoms with Gasteiger partial charge in [-0.1, -0.05) is 29.3 Å². The molecule has 1 aromatic rings. The van der Waals surface area contributed by atoms with Gasteiger partial charge in [-0.2, -0.15) is 0 Å². The Morgan fingerprint density at radius 2 is 2.19 bits per heavy atom. The number of aliphatic hydroxyl groups is 1. The van der Waals surface area contributed by atoms with E-state index in [1.807, 2.05) is 12.1 Å². The van der Waals surface area contributed by atoms with E-state index in [9.17, 15) is 5.11 Å². The summed E-state index contributed by atoms with van der Waals surface area (Å²) in [5.41, 5.74) is 1.11. The number of nitrogens with one attached hydrogen (secondary N) is 1. The molecular formula is C12H16Cl2NO+. The highest BCUT2D eigenvalue weighted by Crippen LogP contribution is 2.20. The zero-order valence-corrected chi connectivity index (χ0v) is 10.6. The van der Waals surface area contributed by atoms with Gasteiger partial charge in [0.05, 0.1) is 18.2 Å². The Labute approximate surface area is 106 Å². The molecule has 1 heterocycles. The Kier molecular flexibility index (Phi) is 4.09. The van der Waals surface area contributed by atoms with E-state index < -0.39 is 0 Å².